The molecule has 1 heterocycles. The Kier molecular flexibility index (Phi) is 3.73. The Morgan fingerprint density at radius 2 is 2.14 bits per heavy atom. The standard InChI is InChI=1S/C14H15FN2O2S2/c15-9-6-10(16)8-11(7-9)21(18,19)17-13-2-1-3-14-12(13)4-5-20-14/h4-8,13,17H,1-3,16H2. The molecule has 1 aliphatic carbocycles. The Morgan fingerprint density at radius 1 is 1.33 bits per heavy atom. The van der Waals surface area contributed by atoms with Crippen molar-refractivity contribution in [1.82, 2.24) is 4.72 Å². The van der Waals surface area contributed by atoms with Crippen molar-refractivity contribution in [3.8, 4) is 0 Å². The van der Waals surface area contributed by atoms with Crippen molar-refractivity contribution in [3.63, 3.8) is 0 Å². The quantitative estimate of drug-likeness (QED) is 0.852. The molecule has 0 radical (unpaired) electrons. The molecule has 1 unspecified atom stereocenters. The zero-order chi connectivity index (χ0) is 15.0. The minimum Gasteiger partial charge on any atom is -0.399 e. The van der Waals surface area contributed by atoms with Gasteiger partial charge in [-0.25, -0.2) is 17.5 Å². The van der Waals surface area contributed by atoms with Crippen LogP contribution in [0.5, 0.6) is 0 Å². The fourth-order valence-electron chi connectivity index (χ4n) is 2.60. The van der Waals surface area contributed by atoms with Gasteiger partial charge in [0.05, 0.1) is 4.90 Å². The van der Waals surface area contributed by atoms with Crippen molar-refractivity contribution < 1.29 is 12.8 Å². The van der Waals surface area contributed by atoms with E-state index in [4.69, 9.17) is 5.73 Å². The zero-order valence-corrected chi connectivity index (χ0v) is 12.8. The molecule has 1 atom stereocenters. The van der Waals surface area contributed by atoms with Gasteiger partial charge in [-0.1, -0.05) is 0 Å². The second kappa shape index (κ2) is 5.40. The Bertz CT molecular complexity index is 751. The second-order valence-electron chi connectivity index (χ2n) is 5.09. The molecule has 21 heavy (non-hydrogen) atoms. The number of nitrogen functional groups attached to an aromatic ring is 1. The van der Waals surface area contributed by atoms with Crippen molar-refractivity contribution in [2.45, 2.75) is 30.2 Å². The van der Waals surface area contributed by atoms with Crippen LogP contribution in [-0.2, 0) is 16.4 Å². The number of sulfonamides is 1. The molecule has 3 rings (SSSR count). The molecular weight excluding hydrogens is 311 g/mol. The summed E-state index contributed by atoms with van der Waals surface area (Å²) in [6, 6.07) is 5.04. The van der Waals surface area contributed by atoms with Crippen LogP contribution in [0, 0.1) is 5.82 Å². The number of benzene rings is 1. The predicted molar refractivity (Wildman–Crippen MR) is 81.1 cm³/mol. The number of fused-ring (bicyclic) bond motifs is 1. The van der Waals surface area contributed by atoms with Crippen molar-refractivity contribution in [2.75, 3.05) is 5.73 Å². The fourth-order valence-corrected chi connectivity index (χ4v) is 4.91. The molecule has 3 N–H and O–H groups in total. The molecule has 1 aromatic carbocycles. The molecule has 1 aliphatic rings. The number of halogens is 1. The lowest BCUT2D eigenvalue weighted by Crippen LogP contribution is -2.30. The molecule has 0 saturated heterocycles. The smallest absolute Gasteiger partial charge is 0.241 e. The Hall–Kier alpha value is -1.44. The lowest BCUT2D eigenvalue weighted by Gasteiger charge is -2.23. The maximum absolute atomic E-state index is 13.4. The van der Waals surface area contributed by atoms with E-state index in [0.29, 0.717) is 0 Å². The van der Waals surface area contributed by atoms with E-state index in [1.54, 1.807) is 11.3 Å². The van der Waals surface area contributed by atoms with Gasteiger partial charge >= 0.3 is 0 Å². The van der Waals surface area contributed by atoms with Crippen LogP contribution in [0.15, 0.2) is 34.5 Å². The van der Waals surface area contributed by atoms with Gasteiger partial charge in [0.15, 0.2) is 0 Å². The van der Waals surface area contributed by atoms with Gasteiger partial charge in [0.2, 0.25) is 10.0 Å². The highest BCUT2D eigenvalue weighted by Crippen LogP contribution is 2.34. The van der Waals surface area contributed by atoms with E-state index >= 15 is 0 Å². The molecule has 0 aliphatic heterocycles. The molecule has 1 aromatic heterocycles. The normalized spacial score (nSPS) is 18.4. The van der Waals surface area contributed by atoms with E-state index in [-0.39, 0.29) is 16.6 Å². The average Bonchev–Trinajstić information content (AvgIpc) is 2.86. The van der Waals surface area contributed by atoms with Crippen molar-refractivity contribution in [3.05, 3.63) is 45.9 Å². The van der Waals surface area contributed by atoms with Gasteiger partial charge in [0.25, 0.3) is 0 Å². The molecular formula is C14H15FN2O2S2. The summed E-state index contributed by atoms with van der Waals surface area (Å²) in [5.41, 5.74) is 6.64. The summed E-state index contributed by atoms with van der Waals surface area (Å²) >= 11 is 1.64. The van der Waals surface area contributed by atoms with Gasteiger partial charge in [0.1, 0.15) is 5.82 Å². The van der Waals surface area contributed by atoms with Crippen LogP contribution in [0.4, 0.5) is 10.1 Å². The highest BCUT2D eigenvalue weighted by atomic mass is 32.2. The van der Waals surface area contributed by atoms with Gasteiger partial charge in [0, 0.05) is 16.6 Å². The van der Waals surface area contributed by atoms with Crippen LogP contribution in [0.25, 0.3) is 0 Å². The van der Waals surface area contributed by atoms with Crippen molar-refractivity contribution in [1.29, 1.82) is 0 Å². The van der Waals surface area contributed by atoms with Gasteiger partial charge in [-0.3, -0.25) is 0 Å². The van der Waals surface area contributed by atoms with E-state index in [2.05, 4.69) is 4.72 Å². The van der Waals surface area contributed by atoms with Crippen LogP contribution < -0.4 is 10.5 Å². The van der Waals surface area contributed by atoms with Gasteiger partial charge in [-0.15, -0.1) is 11.3 Å². The first-order valence-corrected chi connectivity index (χ1v) is 8.97. The van der Waals surface area contributed by atoms with E-state index in [0.717, 1.165) is 37.0 Å². The Balaban J connectivity index is 1.91. The molecule has 0 fully saturated rings. The van der Waals surface area contributed by atoms with E-state index in [1.807, 2.05) is 11.4 Å². The van der Waals surface area contributed by atoms with E-state index in [9.17, 15) is 12.8 Å². The molecule has 0 bridgehead atoms. The molecule has 0 spiro atoms. The van der Waals surface area contributed by atoms with Gasteiger partial charge < -0.3 is 5.73 Å². The third-order valence-electron chi connectivity index (χ3n) is 3.55. The molecule has 4 nitrogen and oxygen atoms in total. The van der Waals surface area contributed by atoms with Crippen LogP contribution in [0.3, 0.4) is 0 Å². The summed E-state index contributed by atoms with van der Waals surface area (Å²) in [6.07, 6.45) is 2.66. The minimum atomic E-state index is -3.79. The monoisotopic (exact) mass is 326 g/mol. The maximum Gasteiger partial charge on any atom is 0.241 e. The average molecular weight is 326 g/mol. The number of rotatable bonds is 3. The Labute approximate surface area is 126 Å². The van der Waals surface area contributed by atoms with E-state index in [1.165, 1.54) is 10.9 Å². The summed E-state index contributed by atoms with van der Waals surface area (Å²) in [4.78, 5) is 1.08. The van der Waals surface area contributed by atoms with E-state index < -0.39 is 15.8 Å². The van der Waals surface area contributed by atoms with Crippen LogP contribution in [-0.4, -0.2) is 8.42 Å². The third kappa shape index (κ3) is 2.95. The highest BCUT2D eigenvalue weighted by molar-refractivity contribution is 7.89. The third-order valence-corrected chi connectivity index (χ3v) is 6.00. The van der Waals surface area contributed by atoms with Crippen LogP contribution >= 0.6 is 11.3 Å². The summed E-state index contributed by atoms with van der Waals surface area (Å²) in [5.74, 6) is -0.657. The largest absolute Gasteiger partial charge is 0.399 e. The first-order chi connectivity index (χ1) is 9.95. The fraction of sp³-hybridized carbons (Fsp3) is 0.286. The van der Waals surface area contributed by atoms with Crippen molar-refractivity contribution >= 4 is 27.0 Å². The second-order valence-corrected chi connectivity index (χ2v) is 7.80. The lowest BCUT2D eigenvalue weighted by molar-refractivity contribution is 0.510. The molecule has 0 amide bonds. The molecule has 7 heteroatoms. The number of anilines is 1. The first kappa shape index (κ1) is 14.5. The summed E-state index contributed by atoms with van der Waals surface area (Å²) in [5, 5.41) is 1.97. The summed E-state index contributed by atoms with van der Waals surface area (Å²) < 4.78 is 40.8. The number of thiophene rings is 1. The number of aryl methyl sites for hydroxylation is 1. The molecule has 0 saturated carbocycles. The number of hydrogen-bond acceptors (Lipinski definition) is 4. The minimum absolute atomic E-state index is 0.0928. The zero-order valence-electron chi connectivity index (χ0n) is 11.2. The maximum atomic E-state index is 13.4. The summed E-state index contributed by atoms with van der Waals surface area (Å²) in [6.45, 7) is 0. The first-order valence-electron chi connectivity index (χ1n) is 6.60. The number of nitrogens with one attached hydrogen (secondary N) is 1. The van der Waals surface area contributed by atoms with Crippen molar-refractivity contribution in [2.24, 2.45) is 0 Å². The van der Waals surface area contributed by atoms with Gasteiger partial charge in [-0.2, -0.15) is 0 Å². The number of hydrogen-bond donors (Lipinski definition) is 2. The SMILES string of the molecule is Nc1cc(F)cc(S(=O)(=O)NC2CCCc3sccc32)c1. The number of nitrogens with two attached hydrogens (primary N) is 1. The van der Waals surface area contributed by atoms with Gasteiger partial charge in [-0.05, 0) is 54.5 Å². The predicted octanol–water partition coefficient (Wildman–Crippen LogP) is 2.83. The lowest BCUT2D eigenvalue weighted by atomic mass is 9.95. The highest BCUT2D eigenvalue weighted by Gasteiger charge is 2.26. The topological polar surface area (TPSA) is 72.2 Å². The molecule has 112 valence electrons. The Morgan fingerprint density at radius 3 is 2.90 bits per heavy atom. The molecule has 2 aromatic rings. The summed E-state index contributed by atoms with van der Waals surface area (Å²) in [7, 11) is -3.79. The van der Waals surface area contributed by atoms with Crippen LogP contribution in [0.2, 0.25) is 0 Å². The van der Waals surface area contributed by atoms with Crippen LogP contribution in [0.1, 0.15) is 29.3 Å².